The molecule has 4 aromatic rings. The summed E-state index contributed by atoms with van der Waals surface area (Å²) < 4.78 is 13.4. The van der Waals surface area contributed by atoms with E-state index in [9.17, 15) is 14.4 Å². The van der Waals surface area contributed by atoms with Crippen LogP contribution in [0.4, 0.5) is 11.4 Å². The van der Waals surface area contributed by atoms with Crippen molar-refractivity contribution >= 4 is 40.1 Å². The number of nitrogens with zero attached hydrogens (tertiary/aromatic N) is 3. The highest BCUT2D eigenvalue weighted by molar-refractivity contribution is 6.07. The Morgan fingerprint density at radius 3 is 2.19 bits per heavy atom. The molecule has 9 heteroatoms. The minimum Gasteiger partial charge on any atom is -0.493 e. The van der Waals surface area contributed by atoms with Gasteiger partial charge in [-0.15, -0.1) is 0 Å². The van der Waals surface area contributed by atoms with E-state index < -0.39 is 0 Å². The van der Waals surface area contributed by atoms with E-state index in [2.05, 4.69) is 10.2 Å². The molecule has 1 saturated heterocycles. The number of esters is 1. The second-order valence-electron chi connectivity index (χ2n) is 12.4. The van der Waals surface area contributed by atoms with Crippen LogP contribution in [-0.2, 0) is 27.5 Å². The van der Waals surface area contributed by atoms with Crippen LogP contribution in [-0.4, -0.2) is 60.0 Å². The van der Waals surface area contributed by atoms with E-state index in [0.29, 0.717) is 51.4 Å². The third-order valence-corrected chi connectivity index (χ3v) is 9.47. The molecule has 0 spiro atoms. The van der Waals surface area contributed by atoms with Crippen molar-refractivity contribution in [3.05, 3.63) is 90.1 Å². The van der Waals surface area contributed by atoms with E-state index in [1.54, 1.807) is 0 Å². The summed E-state index contributed by atoms with van der Waals surface area (Å²) in [6.07, 6.45) is 2.85. The molecule has 2 fully saturated rings. The Morgan fingerprint density at radius 1 is 0.809 bits per heavy atom. The average Bonchev–Trinajstić information content (AvgIpc) is 3.51. The van der Waals surface area contributed by atoms with Crippen LogP contribution in [0.1, 0.15) is 55.6 Å². The molecule has 1 N–H and O–H groups in total. The third kappa shape index (κ3) is 7.29. The number of aromatic nitrogens is 1. The van der Waals surface area contributed by atoms with Gasteiger partial charge in [-0.05, 0) is 87.6 Å². The van der Waals surface area contributed by atoms with E-state index in [0.717, 1.165) is 59.5 Å². The predicted molar refractivity (Wildman–Crippen MR) is 184 cm³/mol. The fourth-order valence-electron chi connectivity index (χ4n) is 6.88. The molecular weight excluding hydrogens is 592 g/mol. The normalized spacial score (nSPS) is 18.2. The van der Waals surface area contributed by atoms with Gasteiger partial charge in [0, 0.05) is 55.4 Å². The molecule has 0 atom stereocenters. The number of carbonyl (C=O) groups is 3. The van der Waals surface area contributed by atoms with Gasteiger partial charge in [0.1, 0.15) is 18.1 Å². The Morgan fingerprint density at radius 2 is 1.51 bits per heavy atom. The molecule has 2 amide bonds. The largest absolute Gasteiger partial charge is 0.493 e. The molecule has 2 aliphatic rings. The van der Waals surface area contributed by atoms with Gasteiger partial charge in [0.2, 0.25) is 5.91 Å². The first kappa shape index (κ1) is 32.2. The van der Waals surface area contributed by atoms with Gasteiger partial charge in [-0.2, -0.15) is 0 Å². The SMILES string of the molecule is CCOc1cccc2c1cc(C(=O)Nc1ccc(N3CCN(C(=O)[C@H]4CC[C@H](C(=O)OCc5ccccc5)CC4)CC3)cc1)n2CC. The summed E-state index contributed by atoms with van der Waals surface area (Å²) in [6, 6.07) is 25.4. The quantitative estimate of drug-likeness (QED) is 0.200. The highest BCUT2D eigenvalue weighted by atomic mass is 16.5. The maximum absolute atomic E-state index is 13.3. The first-order valence-electron chi connectivity index (χ1n) is 16.9. The van der Waals surface area contributed by atoms with Gasteiger partial charge in [-0.25, -0.2) is 0 Å². The predicted octanol–water partition coefficient (Wildman–Crippen LogP) is 6.51. The monoisotopic (exact) mass is 636 g/mol. The summed E-state index contributed by atoms with van der Waals surface area (Å²) in [5.41, 5.74) is 4.34. The van der Waals surface area contributed by atoms with Crippen LogP contribution >= 0.6 is 0 Å². The smallest absolute Gasteiger partial charge is 0.309 e. The topological polar surface area (TPSA) is 93.1 Å². The molecule has 47 heavy (non-hydrogen) atoms. The van der Waals surface area contributed by atoms with Gasteiger partial charge in [0.15, 0.2) is 0 Å². The zero-order valence-corrected chi connectivity index (χ0v) is 27.3. The van der Waals surface area contributed by atoms with Crippen molar-refractivity contribution in [1.29, 1.82) is 0 Å². The van der Waals surface area contributed by atoms with Gasteiger partial charge in [-0.3, -0.25) is 14.4 Å². The number of benzene rings is 3. The van der Waals surface area contributed by atoms with Gasteiger partial charge in [0.05, 0.1) is 18.0 Å². The van der Waals surface area contributed by atoms with E-state index in [-0.39, 0.29) is 29.6 Å². The van der Waals surface area contributed by atoms with Crippen LogP contribution in [0.25, 0.3) is 10.9 Å². The van der Waals surface area contributed by atoms with Crippen molar-refractivity contribution in [3.63, 3.8) is 0 Å². The summed E-state index contributed by atoms with van der Waals surface area (Å²) in [5.74, 6) is 0.512. The Kier molecular flexibility index (Phi) is 10.1. The standard InChI is InChI=1S/C38H44N4O5/c1-3-42-33-11-8-12-35(46-4-2)32(33)25-34(42)36(43)39-30-17-19-31(20-18-30)40-21-23-41(24-22-40)37(44)28-13-15-29(16-14-28)38(45)47-26-27-9-6-5-7-10-27/h5-12,17-20,25,28-29H,3-4,13-16,21-24,26H2,1-2H3,(H,39,43)/t28-,29-. The Balaban J connectivity index is 0.975. The zero-order valence-electron chi connectivity index (χ0n) is 27.3. The lowest BCUT2D eigenvalue weighted by Crippen LogP contribution is -2.50. The fraction of sp³-hybridized carbons (Fsp3) is 0.395. The van der Waals surface area contributed by atoms with Gasteiger partial charge < -0.3 is 29.2 Å². The van der Waals surface area contributed by atoms with Gasteiger partial charge in [0.25, 0.3) is 5.91 Å². The molecule has 1 aliphatic carbocycles. The number of rotatable bonds is 10. The molecule has 1 aliphatic heterocycles. The number of hydrogen-bond donors (Lipinski definition) is 1. The lowest BCUT2D eigenvalue weighted by Gasteiger charge is -2.38. The number of carbonyl (C=O) groups excluding carboxylic acids is 3. The van der Waals surface area contributed by atoms with E-state index in [1.807, 2.05) is 102 Å². The van der Waals surface area contributed by atoms with Crippen molar-refractivity contribution < 1.29 is 23.9 Å². The van der Waals surface area contributed by atoms with E-state index in [1.165, 1.54) is 0 Å². The maximum Gasteiger partial charge on any atom is 0.309 e. The second-order valence-corrected chi connectivity index (χ2v) is 12.4. The molecule has 246 valence electrons. The van der Waals surface area contributed by atoms with Crippen molar-refractivity contribution in [1.82, 2.24) is 9.47 Å². The highest BCUT2D eigenvalue weighted by Crippen LogP contribution is 2.32. The lowest BCUT2D eigenvalue weighted by molar-refractivity contribution is -0.152. The van der Waals surface area contributed by atoms with Crippen molar-refractivity contribution in [3.8, 4) is 5.75 Å². The third-order valence-electron chi connectivity index (χ3n) is 9.47. The minimum absolute atomic E-state index is 0.0280. The number of anilines is 2. The molecule has 1 saturated carbocycles. The number of fused-ring (bicyclic) bond motifs is 1. The van der Waals surface area contributed by atoms with Crippen molar-refractivity contribution in [2.75, 3.05) is 43.0 Å². The van der Waals surface area contributed by atoms with Crippen molar-refractivity contribution in [2.45, 2.75) is 52.7 Å². The number of piperazine rings is 1. The van der Waals surface area contributed by atoms with Crippen LogP contribution in [0.5, 0.6) is 5.75 Å². The zero-order chi connectivity index (χ0) is 32.8. The summed E-state index contributed by atoms with van der Waals surface area (Å²) in [5, 5.41) is 3.99. The van der Waals surface area contributed by atoms with Crippen LogP contribution in [0.15, 0.2) is 78.9 Å². The number of hydrogen-bond acceptors (Lipinski definition) is 6. The lowest BCUT2D eigenvalue weighted by atomic mass is 9.81. The number of aryl methyl sites for hydroxylation is 1. The van der Waals surface area contributed by atoms with E-state index in [4.69, 9.17) is 9.47 Å². The van der Waals surface area contributed by atoms with Gasteiger partial charge in [-0.1, -0.05) is 36.4 Å². The van der Waals surface area contributed by atoms with Crippen LogP contribution in [0.3, 0.4) is 0 Å². The summed E-state index contributed by atoms with van der Waals surface area (Å²) >= 11 is 0. The van der Waals surface area contributed by atoms with Crippen LogP contribution < -0.4 is 15.0 Å². The molecule has 0 radical (unpaired) electrons. The Labute approximate surface area is 276 Å². The first-order chi connectivity index (χ1) is 22.9. The average molecular weight is 637 g/mol. The van der Waals surface area contributed by atoms with Gasteiger partial charge >= 0.3 is 5.97 Å². The molecule has 1 aromatic heterocycles. The molecule has 0 bridgehead atoms. The summed E-state index contributed by atoms with van der Waals surface area (Å²) in [6.45, 7) is 8.34. The Bertz CT molecular complexity index is 1680. The number of nitrogens with one attached hydrogen (secondary N) is 1. The van der Waals surface area contributed by atoms with Crippen molar-refractivity contribution in [2.24, 2.45) is 11.8 Å². The molecule has 3 aromatic carbocycles. The first-order valence-corrected chi connectivity index (χ1v) is 16.9. The highest BCUT2D eigenvalue weighted by Gasteiger charge is 2.34. The summed E-state index contributed by atoms with van der Waals surface area (Å²) in [7, 11) is 0. The molecule has 9 nitrogen and oxygen atoms in total. The fourth-order valence-corrected chi connectivity index (χ4v) is 6.88. The Hall–Kier alpha value is -4.79. The van der Waals surface area contributed by atoms with Crippen LogP contribution in [0.2, 0.25) is 0 Å². The van der Waals surface area contributed by atoms with Crippen LogP contribution in [0, 0.1) is 11.8 Å². The minimum atomic E-state index is -0.163. The maximum atomic E-state index is 13.3. The molecule has 0 unspecified atom stereocenters. The van der Waals surface area contributed by atoms with E-state index >= 15 is 0 Å². The second kappa shape index (κ2) is 14.8. The molecule has 6 rings (SSSR count). The number of amides is 2. The number of ether oxygens (including phenoxy) is 2. The molecular formula is C38H44N4O5. The molecule has 2 heterocycles. The summed E-state index contributed by atoms with van der Waals surface area (Å²) in [4.78, 5) is 43.5.